The largest absolute Gasteiger partial charge is 0.317 e. The third kappa shape index (κ3) is 2.96. The number of rotatable bonds is 3. The van der Waals surface area contributed by atoms with E-state index in [1.54, 1.807) is 0 Å². The lowest BCUT2D eigenvalue weighted by Gasteiger charge is -2.19. The van der Waals surface area contributed by atoms with Crippen LogP contribution >= 0.6 is 0 Å². The molecule has 0 aromatic heterocycles. The van der Waals surface area contributed by atoms with Crippen LogP contribution in [0.15, 0.2) is 30.3 Å². The Morgan fingerprint density at radius 1 is 1.25 bits per heavy atom. The van der Waals surface area contributed by atoms with E-state index in [9.17, 15) is 0 Å². The fourth-order valence-corrected chi connectivity index (χ4v) is 2.30. The van der Waals surface area contributed by atoms with Gasteiger partial charge in [0, 0.05) is 0 Å². The molecular weight excluding hydrogens is 194 g/mol. The van der Waals surface area contributed by atoms with Crippen molar-refractivity contribution in [3.8, 4) is 0 Å². The molecule has 0 amide bonds. The number of hydrogen-bond acceptors (Lipinski definition) is 1. The molecule has 0 radical (unpaired) electrons. The van der Waals surface area contributed by atoms with Crippen LogP contribution in [0.4, 0.5) is 0 Å². The Morgan fingerprint density at radius 3 is 2.75 bits per heavy atom. The Bertz CT molecular complexity index is 348. The minimum absolute atomic E-state index is 0.770. The first kappa shape index (κ1) is 11.4. The van der Waals surface area contributed by atoms with Crippen molar-refractivity contribution in [2.45, 2.75) is 26.2 Å². The van der Waals surface area contributed by atoms with E-state index in [0.29, 0.717) is 0 Å². The number of benzene rings is 1. The summed E-state index contributed by atoms with van der Waals surface area (Å²) in [6.45, 7) is 4.56. The fourth-order valence-electron chi connectivity index (χ4n) is 2.30. The highest BCUT2D eigenvalue weighted by molar-refractivity contribution is 5.53. The van der Waals surface area contributed by atoms with Gasteiger partial charge >= 0.3 is 0 Å². The van der Waals surface area contributed by atoms with E-state index in [4.69, 9.17) is 0 Å². The Kier molecular flexibility index (Phi) is 4.17. The third-order valence-electron chi connectivity index (χ3n) is 3.37. The van der Waals surface area contributed by atoms with E-state index in [2.05, 4.69) is 48.7 Å². The summed E-state index contributed by atoms with van der Waals surface area (Å²) in [6, 6.07) is 8.69. The zero-order valence-corrected chi connectivity index (χ0v) is 10.1. The molecule has 1 saturated heterocycles. The average Bonchev–Trinajstić information content (AvgIpc) is 2.38. The number of aryl methyl sites for hydroxylation is 1. The zero-order valence-electron chi connectivity index (χ0n) is 10.1. The third-order valence-corrected chi connectivity index (χ3v) is 3.37. The SMILES string of the molecule is CCc1ccccc1/C=C/C1CCNCC1. The lowest BCUT2D eigenvalue weighted by atomic mass is 9.96. The van der Waals surface area contributed by atoms with Crippen molar-refractivity contribution in [1.82, 2.24) is 5.32 Å². The van der Waals surface area contributed by atoms with Crippen LogP contribution < -0.4 is 5.32 Å². The molecule has 1 aromatic carbocycles. The van der Waals surface area contributed by atoms with Gasteiger partial charge in [0.2, 0.25) is 0 Å². The molecule has 0 atom stereocenters. The molecule has 1 nitrogen and oxygen atoms in total. The molecule has 1 aliphatic rings. The predicted molar refractivity (Wildman–Crippen MR) is 70.4 cm³/mol. The van der Waals surface area contributed by atoms with Crippen molar-refractivity contribution >= 4 is 6.08 Å². The van der Waals surface area contributed by atoms with Gasteiger partial charge in [0.05, 0.1) is 0 Å². The van der Waals surface area contributed by atoms with E-state index in [1.165, 1.54) is 37.1 Å². The van der Waals surface area contributed by atoms with Gasteiger partial charge in [-0.15, -0.1) is 0 Å². The first-order chi connectivity index (χ1) is 7.90. The van der Waals surface area contributed by atoms with E-state index >= 15 is 0 Å². The molecule has 0 aliphatic carbocycles. The van der Waals surface area contributed by atoms with Crippen molar-refractivity contribution in [2.24, 2.45) is 5.92 Å². The second-order valence-electron chi connectivity index (χ2n) is 4.50. The van der Waals surface area contributed by atoms with Gasteiger partial charge in [-0.05, 0) is 49.4 Å². The fraction of sp³-hybridized carbons (Fsp3) is 0.467. The van der Waals surface area contributed by atoms with Gasteiger partial charge in [-0.1, -0.05) is 43.3 Å². The van der Waals surface area contributed by atoms with Crippen LogP contribution in [0.3, 0.4) is 0 Å². The second kappa shape index (κ2) is 5.86. The Labute approximate surface area is 98.6 Å². The van der Waals surface area contributed by atoms with Crippen molar-refractivity contribution < 1.29 is 0 Å². The molecule has 86 valence electrons. The number of nitrogens with one attached hydrogen (secondary N) is 1. The van der Waals surface area contributed by atoms with E-state index in [1.807, 2.05) is 0 Å². The van der Waals surface area contributed by atoms with Gasteiger partial charge in [0.15, 0.2) is 0 Å². The minimum Gasteiger partial charge on any atom is -0.317 e. The van der Waals surface area contributed by atoms with Gasteiger partial charge in [0.1, 0.15) is 0 Å². The maximum atomic E-state index is 3.40. The summed E-state index contributed by atoms with van der Waals surface area (Å²) in [7, 11) is 0. The highest BCUT2D eigenvalue weighted by Gasteiger charge is 2.09. The van der Waals surface area contributed by atoms with Gasteiger partial charge in [-0.2, -0.15) is 0 Å². The second-order valence-corrected chi connectivity index (χ2v) is 4.50. The molecule has 1 aliphatic heterocycles. The summed E-state index contributed by atoms with van der Waals surface area (Å²) in [5.74, 6) is 0.770. The quantitative estimate of drug-likeness (QED) is 0.816. The summed E-state index contributed by atoms with van der Waals surface area (Å²) in [5.41, 5.74) is 2.84. The van der Waals surface area contributed by atoms with Gasteiger partial charge in [0.25, 0.3) is 0 Å². The Hall–Kier alpha value is -1.08. The molecule has 1 fully saturated rings. The molecule has 0 saturated carbocycles. The van der Waals surface area contributed by atoms with E-state index < -0.39 is 0 Å². The maximum absolute atomic E-state index is 3.40. The summed E-state index contributed by atoms with van der Waals surface area (Å²) >= 11 is 0. The molecule has 1 N–H and O–H groups in total. The molecule has 1 heteroatoms. The van der Waals surface area contributed by atoms with E-state index in [-0.39, 0.29) is 0 Å². The minimum atomic E-state index is 0.770. The Balaban J connectivity index is 2.04. The molecule has 2 rings (SSSR count). The van der Waals surface area contributed by atoms with Crippen LogP contribution in [0.25, 0.3) is 6.08 Å². The van der Waals surface area contributed by atoms with E-state index in [0.717, 1.165) is 12.3 Å². The normalized spacial score (nSPS) is 18.1. The highest BCUT2D eigenvalue weighted by Crippen LogP contribution is 2.17. The van der Waals surface area contributed by atoms with Crippen LogP contribution in [-0.4, -0.2) is 13.1 Å². The smallest absolute Gasteiger partial charge is 0.00433 e. The van der Waals surface area contributed by atoms with Crippen LogP contribution in [-0.2, 0) is 6.42 Å². The molecule has 1 heterocycles. The number of piperidine rings is 1. The van der Waals surface area contributed by atoms with Crippen LogP contribution in [0, 0.1) is 5.92 Å². The van der Waals surface area contributed by atoms with Gasteiger partial charge in [-0.25, -0.2) is 0 Å². The van der Waals surface area contributed by atoms with Crippen molar-refractivity contribution in [2.75, 3.05) is 13.1 Å². The summed E-state index contributed by atoms with van der Waals surface area (Å²) < 4.78 is 0. The molecule has 0 spiro atoms. The highest BCUT2D eigenvalue weighted by atomic mass is 14.9. The average molecular weight is 215 g/mol. The van der Waals surface area contributed by atoms with Crippen LogP contribution in [0.2, 0.25) is 0 Å². The van der Waals surface area contributed by atoms with Crippen LogP contribution in [0.1, 0.15) is 30.9 Å². The lowest BCUT2D eigenvalue weighted by Crippen LogP contribution is -2.26. The molecule has 0 bridgehead atoms. The lowest BCUT2D eigenvalue weighted by molar-refractivity contribution is 0.438. The molecule has 16 heavy (non-hydrogen) atoms. The summed E-state index contributed by atoms with van der Waals surface area (Å²) in [5, 5.41) is 3.40. The predicted octanol–water partition coefficient (Wildman–Crippen LogP) is 3.26. The first-order valence-corrected chi connectivity index (χ1v) is 6.37. The van der Waals surface area contributed by atoms with Crippen molar-refractivity contribution in [1.29, 1.82) is 0 Å². The van der Waals surface area contributed by atoms with Crippen LogP contribution in [0.5, 0.6) is 0 Å². The zero-order chi connectivity index (χ0) is 11.2. The number of allylic oxidation sites excluding steroid dienone is 1. The molecule has 0 unspecified atom stereocenters. The van der Waals surface area contributed by atoms with Gasteiger partial charge in [-0.3, -0.25) is 0 Å². The topological polar surface area (TPSA) is 12.0 Å². The summed E-state index contributed by atoms with van der Waals surface area (Å²) in [6.07, 6.45) is 8.40. The maximum Gasteiger partial charge on any atom is -0.00433 e. The summed E-state index contributed by atoms with van der Waals surface area (Å²) in [4.78, 5) is 0. The Morgan fingerprint density at radius 2 is 2.00 bits per heavy atom. The molecule has 1 aromatic rings. The van der Waals surface area contributed by atoms with Gasteiger partial charge < -0.3 is 5.32 Å². The van der Waals surface area contributed by atoms with Crippen molar-refractivity contribution in [3.05, 3.63) is 41.5 Å². The standard InChI is InChI=1S/C15H21N/c1-2-14-5-3-4-6-15(14)8-7-13-9-11-16-12-10-13/h3-8,13,16H,2,9-12H2,1H3/b8-7+. The monoisotopic (exact) mass is 215 g/mol. The first-order valence-electron chi connectivity index (χ1n) is 6.37. The van der Waals surface area contributed by atoms with Crippen molar-refractivity contribution in [3.63, 3.8) is 0 Å². The number of hydrogen-bond donors (Lipinski definition) is 1. The molecular formula is C15H21N.